The first-order valence-electron chi connectivity index (χ1n) is 9.31. The van der Waals surface area contributed by atoms with Gasteiger partial charge < -0.3 is 14.5 Å². The van der Waals surface area contributed by atoms with Gasteiger partial charge in [-0.05, 0) is 37.6 Å². The Morgan fingerprint density at radius 1 is 1.21 bits per heavy atom. The summed E-state index contributed by atoms with van der Waals surface area (Å²) >= 11 is 0. The number of benzene rings is 1. The quantitative estimate of drug-likeness (QED) is 0.571. The van der Waals surface area contributed by atoms with E-state index in [2.05, 4.69) is 10.3 Å². The molecule has 0 radical (unpaired) electrons. The largest absolute Gasteiger partial charge is 0.419 e. The van der Waals surface area contributed by atoms with Crippen LogP contribution in [0.1, 0.15) is 32.9 Å². The van der Waals surface area contributed by atoms with E-state index in [0.29, 0.717) is 44.3 Å². The summed E-state index contributed by atoms with van der Waals surface area (Å²) in [7, 11) is -3.52. The van der Waals surface area contributed by atoms with Crippen LogP contribution in [0.2, 0.25) is 0 Å². The Kier molecular flexibility index (Phi) is 7.99. The van der Waals surface area contributed by atoms with Crippen LogP contribution in [-0.2, 0) is 14.8 Å². The third-order valence-electron chi connectivity index (χ3n) is 4.13. The van der Waals surface area contributed by atoms with Crippen LogP contribution in [0.3, 0.4) is 0 Å². The van der Waals surface area contributed by atoms with Gasteiger partial charge in [0, 0.05) is 38.4 Å². The van der Waals surface area contributed by atoms with Gasteiger partial charge in [-0.3, -0.25) is 0 Å². The SMILES string of the molecule is CCOCCCNc1oc(-c2ccc(S(=O)(=O)N(CC)CC)cc2)nc1C#N. The molecular formula is C19H26N4O4S. The van der Waals surface area contributed by atoms with Crippen molar-refractivity contribution in [2.75, 3.05) is 38.2 Å². The average Bonchev–Trinajstić information content (AvgIpc) is 3.12. The van der Waals surface area contributed by atoms with Crippen molar-refractivity contribution in [1.82, 2.24) is 9.29 Å². The molecule has 9 heteroatoms. The minimum absolute atomic E-state index is 0.159. The standard InChI is InChI=1S/C19H26N4O4S/c1-4-23(5-2)28(24,25)16-10-8-15(9-11-16)18-22-17(14-20)19(27-18)21-12-7-13-26-6-3/h8-11,21H,4-7,12-13H2,1-3H3. The first-order chi connectivity index (χ1) is 13.5. The van der Waals surface area contributed by atoms with Gasteiger partial charge in [-0.2, -0.15) is 14.6 Å². The molecule has 0 aliphatic rings. The highest BCUT2D eigenvalue weighted by Gasteiger charge is 2.22. The molecule has 0 unspecified atom stereocenters. The average molecular weight is 407 g/mol. The second-order valence-electron chi connectivity index (χ2n) is 5.90. The van der Waals surface area contributed by atoms with Gasteiger partial charge in [-0.15, -0.1) is 0 Å². The van der Waals surface area contributed by atoms with Crippen molar-refractivity contribution >= 4 is 15.9 Å². The Balaban J connectivity index is 2.17. The summed E-state index contributed by atoms with van der Waals surface area (Å²) in [5, 5.41) is 12.3. The fourth-order valence-corrected chi connectivity index (χ4v) is 4.10. The molecule has 1 aromatic carbocycles. The maximum atomic E-state index is 12.6. The van der Waals surface area contributed by atoms with E-state index in [1.54, 1.807) is 26.0 Å². The van der Waals surface area contributed by atoms with Gasteiger partial charge in [0.25, 0.3) is 0 Å². The number of nitriles is 1. The van der Waals surface area contributed by atoms with Crippen molar-refractivity contribution in [3.63, 3.8) is 0 Å². The molecule has 0 saturated carbocycles. The number of nitrogens with one attached hydrogen (secondary N) is 1. The number of rotatable bonds is 11. The third-order valence-corrected chi connectivity index (χ3v) is 6.20. The summed E-state index contributed by atoms with van der Waals surface area (Å²) in [5.74, 6) is 0.560. The highest BCUT2D eigenvalue weighted by atomic mass is 32.2. The minimum Gasteiger partial charge on any atom is -0.419 e. The summed E-state index contributed by atoms with van der Waals surface area (Å²) in [6, 6.07) is 8.30. The van der Waals surface area contributed by atoms with Crippen LogP contribution in [0, 0.1) is 11.3 Å². The topological polar surface area (TPSA) is 108 Å². The molecule has 1 N–H and O–H groups in total. The second-order valence-corrected chi connectivity index (χ2v) is 7.84. The molecule has 1 aromatic heterocycles. The Hall–Kier alpha value is -2.41. The molecular weight excluding hydrogens is 380 g/mol. The van der Waals surface area contributed by atoms with E-state index in [1.165, 1.54) is 16.4 Å². The van der Waals surface area contributed by atoms with Crippen LogP contribution >= 0.6 is 0 Å². The molecule has 0 fully saturated rings. The maximum absolute atomic E-state index is 12.6. The van der Waals surface area contributed by atoms with E-state index < -0.39 is 10.0 Å². The molecule has 152 valence electrons. The second kappa shape index (κ2) is 10.2. The Labute approximate surface area is 166 Å². The molecule has 0 atom stereocenters. The number of nitrogens with zero attached hydrogens (tertiary/aromatic N) is 3. The molecule has 0 spiro atoms. The molecule has 0 aliphatic carbocycles. The van der Waals surface area contributed by atoms with E-state index in [-0.39, 0.29) is 16.5 Å². The van der Waals surface area contributed by atoms with Crippen molar-refractivity contribution in [2.45, 2.75) is 32.1 Å². The number of anilines is 1. The van der Waals surface area contributed by atoms with E-state index in [1.807, 2.05) is 13.0 Å². The zero-order chi connectivity index (χ0) is 20.6. The molecule has 0 amide bonds. The Morgan fingerprint density at radius 2 is 1.89 bits per heavy atom. The van der Waals surface area contributed by atoms with Crippen molar-refractivity contribution in [2.24, 2.45) is 0 Å². The minimum atomic E-state index is -3.52. The predicted molar refractivity (Wildman–Crippen MR) is 106 cm³/mol. The van der Waals surface area contributed by atoms with Crippen LogP contribution < -0.4 is 5.32 Å². The lowest BCUT2D eigenvalue weighted by Crippen LogP contribution is -2.30. The van der Waals surface area contributed by atoms with Crippen LogP contribution in [0.4, 0.5) is 5.88 Å². The zero-order valence-electron chi connectivity index (χ0n) is 16.4. The lowest BCUT2D eigenvalue weighted by atomic mass is 10.2. The number of oxazole rings is 1. The van der Waals surface area contributed by atoms with Gasteiger partial charge in [0.05, 0.1) is 4.90 Å². The third kappa shape index (κ3) is 5.10. The van der Waals surface area contributed by atoms with Gasteiger partial charge in [0.1, 0.15) is 6.07 Å². The number of hydrogen-bond donors (Lipinski definition) is 1. The smallest absolute Gasteiger partial charge is 0.243 e. The summed E-state index contributed by atoms with van der Waals surface area (Å²) in [5.41, 5.74) is 0.753. The molecule has 0 bridgehead atoms. The lowest BCUT2D eigenvalue weighted by Gasteiger charge is -2.18. The summed E-state index contributed by atoms with van der Waals surface area (Å²) in [6.45, 7) is 8.22. The molecule has 2 rings (SSSR count). The van der Waals surface area contributed by atoms with Crippen molar-refractivity contribution < 1.29 is 17.6 Å². The van der Waals surface area contributed by atoms with E-state index in [0.717, 1.165) is 6.42 Å². The van der Waals surface area contributed by atoms with Gasteiger partial charge in [-0.25, -0.2) is 8.42 Å². The van der Waals surface area contributed by atoms with Crippen LogP contribution in [-0.4, -0.2) is 50.6 Å². The summed E-state index contributed by atoms with van der Waals surface area (Å²) in [6.07, 6.45) is 0.770. The molecule has 0 saturated heterocycles. The van der Waals surface area contributed by atoms with E-state index >= 15 is 0 Å². The molecule has 1 heterocycles. The van der Waals surface area contributed by atoms with Gasteiger partial charge in [-0.1, -0.05) is 13.8 Å². The Morgan fingerprint density at radius 3 is 2.46 bits per heavy atom. The van der Waals surface area contributed by atoms with Crippen molar-refractivity contribution in [3.8, 4) is 17.5 Å². The molecule has 8 nitrogen and oxygen atoms in total. The zero-order valence-corrected chi connectivity index (χ0v) is 17.3. The van der Waals surface area contributed by atoms with Crippen LogP contribution in [0.25, 0.3) is 11.5 Å². The maximum Gasteiger partial charge on any atom is 0.243 e. The number of sulfonamides is 1. The van der Waals surface area contributed by atoms with Gasteiger partial charge >= 0.3 is 0 Å². The highest BCUT2D eigenvalue weighted by Crippen LogP contribution is 2.27. The van der Waals surface area contributed by atoms with Crippen molar-refractivity contribution in [3.05, 3.63) is 30.0 Å². The van der Waals surface area contributed by atoms with Gasteiger partial charge in [0.15, 0.2) is 0 Å². The van der Waals surface area contributed by atoms with Gasteiger partial charge in [0.2, 0.25) is 27.5 Å². The molecule has 28 heavy (non-hydrogen) atoms. The Bertz CT molecular complexity index is 897. The monoisotopic (exact) mass is 406 g/mol. The number of ether oxygens (including phenoxy) is 1. The number of aromatic nitrogens is 1. The summed E-state index contributed by atoms with van der Waals surface area (Å²) in [4.78, 5) is 4.40. The fraction of sp³-hybridized carbons (Fsp3) is 0.474. The highest BCUT2D eigenvalue weighted by molar-refractivity contribution is 7.89. The fourth-order valence-electron chi connectivity index (χ4n) is 2.64. The first kappa shape index (κ1) is 21.9. The normalized spacial score (nSPS) is 11.5. The first-order valence-corrected chi connectivity index (χ1v) is 10.7. The predicted octanol–water partition coefficient (Wildman–Crippen LogP) is 3.08. The molecule has 0 aliphatic heterocycles. The lowest BCUT2D eigenvalue weighted by molar-refractivity contribution is 0.147. The van der Waals surface area contributed by atoms with Crippen LogP contribution in [0.5, 0.6) is 0 Å². The van der Waals surface area contributed by atoms with E-state index in [9.17, 15) is 13.7 Å². The van der Waals surface area contributed by atoms with Crippen molar-refractivity contribution in [1.29, 1.82) is 5.26 Å². The molecule has 2 aromatic rings. The van der Waals surface area contributed by atoms with Crippen LogP contribution in [0.15, 0.2) is 33.6 Å². The summed E-state index contributed by atoms with van der Waals surface area (Å²) < 4.78 is 37.5. The van der Waals surface area contributed by atoms with E-state index in [4.69, 9.17) is 9.15 Å². The number of hydrogen-bond acceptors (Lipinski definition) is 7.